The lowest BCUT2D eigenvalue weighted by Gasteiger charge is -2.35. The van der Waals surface area contributed by atoms with E-state index in [1.165, 1.54) is 5.56 Å². The largest absolute Gasteiger partial charge is 0.388 e. The molecule has 0 N–H and O–H groups in total. The number of Topliss-reactive ketones (excluding diaryl/α,β-unsaturated/α-hetero) is 1. The quantitative estimate of drug-likeness (QED) is 0.800. The number of nitrogens with zero attached hydrogens (tertiary/aromatic N) is 1. The number of hydrogen-bond acceptors (Lipinski definition) is 3. The molecular formula is C20H27NO2. The van der Waals surface area contributed by atoms with Crippen molar-refractivity contribution >= 4 is 11.5 Å². The summed E-state index contributed by atoms with van der Waals surface area (Å²) in [4.78, 5) is 18.1. The lowest BCUT2D eigenvalue weighted by Crippen LogP contribution is -2.41. The number of oxime groups is 1. The van der Waals surface area contributed by atoms with Crippen LogP contribution in [0.25, 0.3) is 0 Å². The van der Waals surface area contributed by atoms with Crippen LogP contribution in [0.3, 0.4) is 0 Å². The highest BCUT2D eigenvalue weighted by Gasteiger charge is 2.46. The maximum absolute atomic E-state index is 12.4. The molecule has 2 unspecified atom stereocenters. The van der Waals surface area contributed by atoms with Gasteiger partial charge in [0.2, 0.25) is 0 Å². The second kappa shape index (κ2) is 6.86. The normalized spacial score (nSPS) is 27.3. The van der Waals surface area contributed by atoms with Crippen LogP contribution in [0.2, 0.25) is 0 Å². The van der Waals surface area contributed by atoms with Gasteiger partial charge in [0.15, 0.2) is 0 Å². The van der Waals surface area contributed by atoms with Crippen molar-refractivity contribution in [3.63, 3.8) is 0 Å². The van der Waals surface area contributed by atoms with Crippen molar-refractivity contribution in [1.29, 1.82) is 0 Å². The van der Waals surface area contributed by atoms with Crippen molar-refractivity contribution in [1.82, 2.24) is 0 Å². The summed E-state index contributed by atoms with van der Waals surface area (Å²) in [5, 5.41) is 4.31. The smallest absolute Gasteiger partial charge is 0.149 e. The zero-order chi connectivity index (χ0) is 16.3. The summed E-state index contributed by atoms with van der Waals surface area (Å²) in [6.07, 6.45) is 6.43. The van der Waals surface area contributed by atoms with Crippen LogP contribution in [-0.4, -0.2) is 17.1 Å². The number of benzene rings is 1. The van der Waals surface area contributed by atoms with E-state index in [0.29, 0.717) is 18.1 Å². The molecule has 124 valence electrons. The molecule has 1 saturated carbocycles. The van der Waals surface area contributed by atoms with E-state index in [0.717, 1.165) is 44.2 Å². The Morgan fingerprint density at radius 3 is 2.70 bits per heavy atom. The molecule has 0 radical (unpaired) electrons. The van der Waals surface area contributed by atoms with Crippen molar-refractivity contribution in [3.8, 4) is 0 Å². The Morgan fingerprint density at radius 1 is 1.22 bits per heavy atom. The number of aryl methyl sites for hydroxylation is 1. The van der Waals surface area contributed by atoms with Gasteiger partial charge in [0.25, 0.3) is 0 Å². The molecule has 1 aliphatic carbocycles. The standard InChI is InChI=1S/C20H27NO2/c1-15(2)18-11-12-20(14-19(18)22)13-17(21-23-20)10-6-9-16-7-4-3-5-8-16/h3-5,7-8,15,18H,6,9-14H2,1-2H3. The number of rotatable bonds is 5. The van der Waals surface area contributed by atoms with Crippen LogP contribution in [-0.2, 0) is 16.1 Å². The van der Waals surface area contributed by atoms with Crippen molar-refractivity contribution in [2.24, 2.45) is 17.0 Å². The van der Waals surface area contributed by atoms with Crippen molar-refractivity contribution in [2.75, 3.05) is 0 Å². The van der Waals surface area contributed by atoms with Crippen LogP contribution in [0.5, 0.6) is 0 Å². The Labute approximate surface area is 139 Å². The second-order valence-electron chi connectivity index (χ2n) is 7.48. The minimum atomic E-state index is -0.315. The molecule has 1 aromatic rings. The van der Waals surface area contributed by atoms with Gasteiger partial charge in [-0.2, -0.15) is 0 Å². The van der Waals surface area contributed by atoms with E-state index in [9.17, 15) is 4.79 Å². The topological polar surface area (TPSA) is 38.7 Å². The predicted molar refractivity (Wildman–Crippen MR) is 92.4 cm³/mol. The van der Waals surface area contributed by atoms with Crippen molar-refractivity contribution < 1.29 is 9.63 Å². The van der Waals surface area contributed by atoms with Gasteiger partial charge in [-0.1, -0.05) is 49.3 Å². The summed E-state index contributed by atoms with van der Waals surface area (Å²) in [6, 6.07) is 10.5. The molecule has 2 atom stereocenters. The molecule has 1 spiro atoms. The molecule has 1 fully saturated rings. The Bertz CT molecular complexity index is 579. The van der Waals surface area contributed by atoms with Crippen LogP contribution < -0.4 is 0 Å². The molecule has 3 heteroatoms. The summed E-state index contributed by atoms with van der Waals surface area (Å²) in [6.45, 7) is 4.28. The summed E-state index contributed by atoms with van der Waals surface area (Å²) >= 11 is 0. The molecular weight excluding hydrogens is 286 g/mol. The average molecular weight is 313 g/mol. The minimum Gasteiger partial charge on any atom is -0.388 e. The fourth-order valence-corrected chi connectivity index (χ4v) is 3.92. The Kier molecular flexibility index (Phi) is 4.84. The van der Waals surface area contributed by atoms with Gasteiger partial charge in [-0.25, -0.2) is 0 Å². The molecule has 23 heavy (non-hydrogen) atoms. The van der Waals surface area contributed by atoms with Gasteiger partial charge >= 0.3 is 0 Å². The summed E-state index contributed by atoms with van der Waals surface area (Å²) < 4.78 is 0. The highest BCUT2D eigenvalue weighted by molar-refractivity contribution is 5.89. The highest BCUT2D eigenvalue weighted by Crippen LogP contribution is 2.41. The van der Waals surface area contributed by atoms with Gasteiger partial charge in [0.05, 0.1) is 5.71 Å². The van der Waals surface area contributed by atoms with Gasteiger partial charge in [0, 0.05) is 18.8 Å². The first kappa shape index (κ1) is 16.2. The molecule has 0 saturated heterocycles. The average Bonchev–Trinajstić information content (AvgIpc) is 2.90. The molecule has 1 aromatic carbocycles. The van der Waals surface area contributed by atoms with Gasteiger partial charge in [-0.15, -0.1) is 0 Å². The third kappa shape index (κ3) is 3.82. The monoisotopic (exact) mass is 313 g/mol. The molecule has 0 bridgehead atoms. The van der Waals surface area contributed by atoms with Gasteiger partial charge < -0.3 is 4.84 Å². The van der Waals surface area contributed by atoms with E-state index in [2.05, 4.69) is 43.3 Å². The Hall–Kier alpha value is -1.64. The summed E-state index contributed by atoms with van der Waals surface area (Å²) in [7, 11) is 0. The Balaban J connectivity index is 1.48. The fourth-order valence-electron chi connectivity index (χ4n) is 3.92. The van der Waals surface area contributed by atoms with Crippen LogP contribution in [0.15, 0.2) is 35.5 Å². The third-order valence-corrected chi connectivity index (χ3v) is 5.29. The molecule has 3 nitrogen and oxygen atoms in total. The molecule has 1 aliphatic heterocycles. The number of ketones is 1. The maximum atomic E-state index is 12.4. The molecule has 1 heterocycles. The van der Waals surface area contributed by atoms with Crippen LogP contribution in [0.4, 0.5) is 0 Å². The van der Waals surface area contributed by atoms with Crippen molar-refractivity contribution in [2.45, 2.75) is 64.4 Å². The third-order valence-electron chi connectivity index (χ3n) is 5.29. The van der Waals surface area contributed by atoms with Gasteiger partial charge in [0.1, 0.15) is 11.4 Å². The maximum Gasteiger partial charge on any atom is 0.149 e. The lowest BCUT2D eigenvalue weighted by atomic mass is 9.72. The predicted octanol–water partition coefficient (Wildman–Crippen LogP) is 4.55. The fraction of sp³-hybridized carbons (Fsp3) is 0.600. The van der Waals surface area contributed by atoms with E-state index in [1.54, 1.807) is 0 Å². The molecule has 2 aliphatic rings. The lowest BCUT2D eigenvalue weighted by molar-refractivity contribution is -0.138. The molecule has 0 amide bonds. The highest BCUT2D eigenvalue weighted by atomic mass is 16.7. The molecule has 3 rings (SSSR count). The van der Waals surface area contributed by atoms with Crippen LogP contribution >= 0.6 is 0 Å². The Morgan fingerprint density at radius 2 is 2.00 bits per heavy atom. The summed E-state index contributed by atoms with van der Waals surface area (Å²) in [5.74, 6) is 1.02. The number of hydrogen-bond donors (Lipinski definition) is 0. The van der Waals surface area contributed by atoms with Crippen molar-refractivity contribution in [3.05, 3.63) is 35.9 Å². The SMILES string of the molecule is CC(C)C1CCC2(CC1=O)CC(CCCc1ccccc1)=NO2. The zero-order valence-electron chi connectivity index (χ0n) is 14.3. The first-order chi connectivity index (χ1) is 11.1. The minimum absolute atomic E-state index is 0.214. The van der Waals surface area contributed by atoms with E-state index < -0.39 is 0 Å². The van der Waals surface area contributed by atoms with E-state index in [-0.39, 0.29) is 11.5 Å². The van der Waals surface area contributed by atoms with E-state index in [1.807, 2.05) is 6.07 Å². The molecule has 0 aromatic heterocycles. The van der Waals surface area contributed by atoms with Crippen LogP contribution in [0, 0.1) is 11.8 Å². The van der Waals surface area contributed by atoms with Crippen LogP contribution in [0.1, 0.15) is 57.9 Å². The second-order valence-corrected chi connectivity index (χ2v) is 7.48. The van der Waals surface area contributed by atoms with Gasteiger partial charge in [-0.3, -0.25) is 4.79 Å². The first-order valence-corrected chi connectivity index (χ1v) is 8.88. The van der Waals surface area contributed by atoms with Gasteiger partial charge in [-0.05, 0) is 43.6 Å². The number of carbonyl (C=O) groups is 1. The van der Waals surface area contributed by atoms with E-state index >= 15 is 0 Å². The first-order valence-electron chi connectivity index (χ1n) is 8.88. The van der Waals surface area contributed by atoms with E-state index in [4.69, 9.17) is 4.84 Å². The number of carbonyl (C=O) groups excluding carboxylic acids is 1. The summed E-state index contributed by atoms with van der Waals surface area (Å²) in [5.41, 5.74) is 2.19. The zero-order valence-corrected chi connectivity index (χ0v) is 14.3.